The van der Waals surface area contributed by atoms with E-state index in [1.165, 1.54) is 0 Å². The number of carboxylic acid groups (broad SMARTS) is 2. The molecule has 4 N–H and O–H groups in total. The number of hydrogen-bond acceptors (Lipinski definition) is 8. The molecule has 0 aliphatic carbocycles. The smallest absolute Gasteiger partial charge is 0.475 e. The first kappa shape index (κ1) is 32.1. The summed E-state index contributed by atoms with van der Waals surface area (Å²) in [6.45, 7) is 7.67. The first-order chi connectivity index (χ1) is 15.9. The lowest BCUT2D eigenvalue weighted by molar-refractivity contribution is -0.193. The minimum absolute atomic E-state index is 0.165. The van der Waals surface area contributed by atoms with E-state index >= 15 is 0 Å². The van der Waals surface area contributed by atoms with Gasteiger partial charge >= 0.3 is 24.3 Å². The molecule has 0 bridgehead atoms. The Bertz CT molecular complexity index is 812. The number of carboxylic acids is 2. The third-order valence-electron chi connectivity index (χ3n) is 4.46. The highest BCUT2D eigenvalue weighted by Crippen LogP contribution is 2.18. The topological polar surface area (TPSA) is 139 Å². The van der Waals surface area contributed by atoms with Crippen LogP contribution < -0.4 is 10.2 Å². The van der Waals surface area contributed by atoms with Crippen molar-refractivity contribution in [2.24, 2.45) is 0 Å². The van der Waals surface area contributed by atoms with Gasteiger partial charge in [0.2, 0.25) is 5.95 Å². The molecule has 202 valence electrons. The summed E-state index contributed by atoms with van der Waals surface area (Å²) in [5.74, 6) is -3.88. The number of likely N-dealkylation sites (tertiary alicyclic amines) is 1. The van der Waals surface area contributed by atoms with Gasteiger partial charge in [0.25, 0.3) is 0 Å². The number of anilines is 2. The van der Waals surface area contributed by atoms with Crippen LogP contribution in [0.15, 0.2) is 0 Å². The molecular formula is C19H29F6N5O5. The van der Waals surface area contributed by atoms with E-state index < -0.39 is 24.3 Å². The average molecular weight is 521 g/mol. The highest BCUT2D eigenvalue weighted by atomic mass is 19.4. The van der Waals surface area contributed by atoms with Crippen LogP contribution in [-0.4, -0.2) is 101 Å². The Labute approximate surface area is 197 Å². The number of β-amino-alcohol motifs (C(OH)–C–C–N with tert-alkyl or cyclic N) is 1. The molecule has 16 heteroatoms. The van der Waals surface area contributed by atoms with Gasteiger partial charge in [-0.05, 0) is 33.2 Å². The van der Waals surface area contributed by atoms with Gasteiger partial charge in [-0.1, -0.05) is 0 Å². The summed E-state index contributed by atoms with van der Waals surface area (Å²) in [4.78, 5) is 31.0. The van der Waals surface area contributed by atoms with Crippen LogP contribution in [0.25, 0.3) is 0 Å². The number of nitrogens with one attached hydrogen (secondary N) is 1. The van der Waals surface area contributed by atoms with Gasteiger partial charge < -0.3 is 25.5 Å². The van der Waals surface area contributed by atoms with Crippen LogP contribution in [0.4, 0.5) is 38.1 Å². The Morgan fingerprint density at radius 3 is 1.94 bits per heavy atom. The first-order valence-corrected chi connectivity index (χ1v) is 10.1. The highest BCUT2D eigenvalue weighted by Gasteiger charge is 2.38. The summed E-state index contributed by atoms with van der Waals surface area (Å²) in [6, 6.07) is 0. The standard InChI is InChI=1S/C15H27N5O.2C2HF3O2/c1-11-12(2)17-15(19(3)4)18-14(11)16-7-9-20-8-5-6-13(21)10-20;2*3-2(4,5)1(6)7/h13,21H,5-10H2,1-4H3,(H,16,17,18);2*(H,6,7). The van der Waals surface area contributed by atoms with Crippen LogP contribution in [0.5, 0.6) is 0 Å². The predicted molar refractivity (Wildman–Crippen MR) is 113 cm³/mol. The van der Waals surface area contributed by atoms with Crippen molar-refractivity contribution in [1.82, 2.24) is 14.9 Å². The number of aliphatic hydroxyl groups is 1. The van der Waals surface area contributed by atoms with E-state index in [1.54, 1.807) is 0 Å². The zero-order valence-corrected chi connectivity index (χ0v) is 19.5. The number of rotatable bonds is 5. The van der Waals surface area contributed by atoms with E-state index in [2.05, 4.69) is 20.2 Å². The molecule has 2 heterocycles. The van der Waals surface area contributed by atoms with Crippen molar-refractivity contribution < 1.29 is 51.3 Å². The van der Waals surface area contributed by atoms with E-state index in [4.69, 9.17) is 19.8 Å². The minimum Gasteiger partial charge on any atom is -0.475 e. The fraction of sp³-hybridized carbons (Fsp3) is 0.684. The van der Waals surface area contributed by atoms with Crippen LogP contribution in [0.3, 0.4) is 0 Å². The third kappa shape index (κ3) is 13.0. The predicted octanol–water partition coefficient (Wildman–Crippen LogP) is 2.29. The number of aliphatic hydroxyl groups excluding tert-OH is 1. The fourth-order valence-electron chi connectivity index (χ4n) is 2.55. The molecule has 35 heavy (non-hydrogen) atoms. The lowest BCUT2D eigenvalue weighted by Crippen LogP contribution is -2.40. The summed E-state index contributed by atoms with van der Waals surface area (Å²) < 4.78 is 63.5. The number of aromatic nitrogens is 2. The molecular weight excluding hydrogens is 492 g/mol. The molecule has 1 aliphatic rings. The fourth-order valence-corrected chi connectivity index (χ4v) is 2.55. The number of aliphatic carboxylic acids is 2. The summed E-state index contributed by atoms with van der Waals surface area (Å²) >= 11 is 0. The number of halogens is 6. The second kappa shape index (κ2) is 13.9. The monoisotopic (exact) mass is 521 g/mol. The van der Waals surface area contributed by atoms with Gasteiger partial charge in [0.05, 0.1) is 6.10 Å². The van der Waals surface area contributed by atoms with E-state index in [9.17, 15) is 31.4 Å². The molecule has 1 atom stereocenters. The third-order valence-corrected chi connectivity index (χ3v) is 4.46. The van der Waals surface area contributed by atoms with Crippen LogP contribution in [0.2, 0.25) is 0 Å². The van der Waals surface area contributed by atoms with E-state index in [-0.39, 0.29) is 6.10 Å². The van der Waals surface area contributed by atoms with Crippen molar-refractivity contribution >= 4 is 23.7 Å². The Morgan fingerprint density at radius 2 is 1.54 bits per heavy atom. The average Bonchev–Trinajstić information content (AvgIpc) is 2.70. The van der Waals surface area contributed by atoms with Crippen molar-refractivity contribution in [3.8, 4) is 0 Å². The van der Waals surface area contributed by atoms with E-state index in [0.717, 1.165) is 62.0 Å². The van der Waals surface area contributed by atoms with Gasteiger partial charge in [-0.3, -0.25) is 4.90 Å². The molecule has 1 fully saturated rings. The molecule has 1 unspecified atom stereocenters. The van der Waals surface area contributed by atoms with Gasteiger partial charge in [-0.2, -0.15) is 31.3 Å². The lowest BCUT2D eigenvalue weighted by atomic mass is 10.1. The Morgan fingerprint density at radius 1 is 1.06 bits per heavy atom. The second-order valence-electron chi connectivity index (χ2n) is 7.61. The minimum atomic E-state index is -5.08. The molecule has 0 radical (unpaired) electrons. The largest absolute Gasteiger partial charge is 0.490 e. The molecule has 0 aromatic carbocycles. The van der Waals surface area contributed by atoms with E-state index in [1.807, 2.05) is 32.8 Å². The van der Waals surface area contributed by atoms with Crippen LogP contribution in [-0.2, 0) is 9.59 Å². The summed E-state index contributed by atoms with van der Waals surface area (Å²) in [7, 11) is 3.89. The lowest BCUT2D eigenvalue weighted by Gasteiger charge is -2.30. The Hall–Kier alpha value is -2.88. The Kier molecular flexibility index (Phi) is 12.7. The SMILES string of the molecule is Cc1nc(N(C)C)nc(NCCN2CCCC(O)C2)c1C.O=C(O)C(F)(F)F.O=C(O)C(F)(F)F. The summed E-state index contributed by atoms with van der Waals surface area (Å²) in [5.41, 5.74) is 2.10. The van der Waals surface area contributed by atoms with E-state index in [0.29, 0.717) is 0 Å². The van der Waals surface area contributed by atoms with Gasteiger partial charge in [-0.15, -0.1) is 0 Å². The zero-order chi connectivity index (χ0) is 27.6. The summed E-state index contributed by atoms with van der Waals surface area (Å²) in [6.07, 6.45) is -8.32. The van der Waals surface area contributed by atoms with Crippen LogP contribution >= 0.6 is 0 Å². The number of nitrogens with zero attached hydrogens (tertiary/aromatic N) is 4. The molecule has 2 rings (SSSR count). The quantitative estimate of drug-likeness (QED) is 0.427. The van der Waals surface area contributed by atoms with Gasteiger partial charge in [0.15, 0.2) is 0 Å². The Balaban J connectivity index is 0.000000680. The molecule has 0 amide bonds. The van der Waals surface area contributed by atoms with Crippen molar-refractivity contribution in [3.63, 3.8) is 0 Å². The second-order valence-corrected chi connectivity index (χ2v) is 7.61. The summed E-state index contributed by atoms with van der Waals surface area (Å²) in [5, 5.41) is 27.3. The number of carbonyl (C=O) groups is 2. The van der Waals surface area contributed by atoms with Crippen molar-refractivity contribution in [3.05, 3.63) is 11.3 Å². The number of alkyl halides is 6. The maximum Gasteiger partial charge on any atom is 0.490 e. The van der Waals surface area contributed by atoms with Crippen LogP contribution in [0, 0.1) is 13.8 Å². The molecule has 1 saturated heterocycles. The van der Waals surface area contributed by atoms with Crippen LogP contribution in [0.1, 0.15) is 24.1 Å². The molecule has 10 nitrogen and oxygen atoms in total. The van der Waals surface area contributed by atoms with Crippen molar-refractivity contribution in [1.29, 1.82) is 0 Å². The van der Waals surface area contributed by atoms with Gasteiger partial charge in [-0.25, -0.2) is 14.6 Å². The molecule has 1 aromatic rings. The zero-order valence-electron chi connectivity index (χ0n) is 19.5. The number of aryl methyl sites for hydroxylation is 1. The molecule has 1 aliphatic heterocycles. The maximum atomic E-state index is 10.6. The first-order valence-electron chi connectivity index (χ1n) is 10.1. The van der Waals surface area contributed by atoms with Gasteiger partial charge in [0.1, 0.15) is 5.82 Å². The van der Waals surface area contributed by atoms with Crippen molar-refractivity contribution in [2.45, 2.75) is 45.1 Å². The molecule has 0 spiro atoms. The number of piperidine rings is 1. The normalized spacial score (nSPS) is 16.3. The van der Waals surface area contributed by atoms with Crippen molar-refractivity contribution in [2.75, 3.05) is 50.5 Å². The maximum absolute atomic E-state index is 10.6. The highest BCUT2D eigenvalue weighted by molar-refractivity contribution is 5.73. The van der Waals surface area contributed by atoms with Gasteiger partial charge in [0, 0.05) is 45.0 Å². The number of hydrogen-bond donors (Lipinski definition) is 4. The molecule has 1 aromatic heterocycles. The molecule has 0 saturated carbocycles.